The zero-order chi connectivity index (χ0) is 10.7. The highest BCUT2D eigenvalue weighted by Crippen LogP contribution is 2.18. The average molecular weight is 317 g/mol. The van der Waals surface area contributed by atoms with E-state index in [1.807, 2.05) is 24.3 Å². The van der Waals surface area contributed by atoms with Crippen molar-refractivity contribution in [3.63, 3.8) is 0 Å². The summed E-state index contributed by atoms with van der Waals surface area (Å²) >= 11 is 2.21. The van der Waals surface area contributed by atoms with Crippen LogP contribution in [-0.4, -0.2) is 18.6 Å². The number of halogens is 1. The van der Waals surface area contributed by atoms with Gasteiger partial charge in [-0.2, -0.15) is 0 Å². The van der Waals surface area contributed by atoms with Crippen molar-refractivity contribution in [2.24, 2.45) is 0 Å². The van der Waals surface area contributed by atoms with Crippen LogP contribution in [0.3, 0.4) is 0 Å². The Morgan fingerprint density at radius 3 is 3.00 bits per heavy atom. The molecule has 1 amide bonds. The van der Waals surface area contributed by atoms with E-state index in [1.54, 1.807) is 0 Å². The van der Waals surface area contributed by atoms with Crippen LogP contribution in [0.1, 0.15) is 12.8 Å². The maximum Gasteiger partial charge on any atom is 0.258 e. The molecule has 0 aliphatic heterocycles. The normalized spacial score (nSPS) is 14.7. The molecule has 0 heterocycles. The first-order chi connectivity index (χ1) is 7.24. The largest absolute Gasteiger partial charge is 0.484 e. The van der Waals surface area contributed by atoms with Gasteiger partial charge >= 0.3 is 0 Å². The summed E-state index contributed by atoms with van der Waals surface area (Å²) in [6, 6.07) is 8.06. The molecule has 15 heavy (non-hydrogen) atoms. The first-order valence-corrected chi connectivity index (χ1v) is 5.99. The van der Waals surface area contributed by atoms with Crippen LogP contribution in [0.5, 0.6) is 5.75 Å². The van der Waals surface area contributed by atoms with Crippen molar-refractivity contribution in [2.45, 2.75) is 18.9 Å². The van der Waals surface area contributed by atoms with Crippen LogP contribution in [0.25, 0.3) is 0 Å². The zero-order valence-corrected chi connectivity index (χ0v) is 10.4. The monoisotopic (exact) mass is 317 g/mol. The van der Waals surface area contributed by atoms with Crippen LogP contribution in [0.15, 0.2) is 24.3 Å². The second kappa shape index (κ2) is 4.83. The third-order valence-electron chi connectivity index (χ3n) is 2.11. The first kappa shape index (κ1) is 10.7. The third kappa shape index (κ3) is 3.70. The quantitative estimate of drug-likeness (QED) is 0.862. The van der Waals surface area contributed by atoms with Crippen molar-refractivity contribution in [1.82, 2.24) is 5.32 Å². The number of rotatable bonds is 4. The Kier molecular flexibility index (Phi) is 3.45. The van der Waals surface area contributed by atoms with Crippen LogP contribution < -0.4 is 10.1 Å². The molecule has 0 bridgehead atoms. The van der Waals surface area contributed by atoms with Crippen molar-refractivity contribution in [3.05, 3.63) is 27.8 Å². The second-order valence-electron chi connectivity index (χ2n) is 3.59. The maximum atomic E-state index is 11.3. The molecule has 0 saturated heterocycles. The highest BCUT2D eigenvalue weighted by molar-refractivity contribution is 14.1. The molecule has 0 radical (unpaired) electrons. The summed E-state index contributed by atoms with van der Waals surface area (Å²) in [6.07, 6.45) is 2.21. The molecule has 0 spiro atoms. The molecule has 0 atom stereocenters. The van der Waals surface area contributed by atoms with E-state index in [0.29, 0.717) is 6.04 Å². The standard InChI is InChI=1S/C11H12INO2/c12-8-2-1-3-10(6-8)15-7-11(14)13-9-4-5-9/h1-3,6,9H,4-5,7H2,(H,13,14). The molecule has 0 unspecified atom stereocenters. The van der Waals surface area contributed by atoms with Gasteiger partial charge in [-0.15, -0.1) is 0 Å². The Labute approximate surface area is 102 Å². The van der Waals surface area contributed by atoms with Gasteiger partial charge in [-0.05, 0) is 53.6 Å². The number of amides is 1. The zero-order valence-electron chi connectivity index (χ0n) is 8.20. The van der Waals surface area contributed by atoms with E-state index < -0.39 is 0 Å². The molecule has 1 aliphatic rings. The molecule has 0 aromatic heterocycles. The number of carbonyl (C=O) groups excluding carboxylic acids is 1. The average Bonchev–Trinajstić information content (AvgIpc) is 2.99. The van der Waals surface area contributed by atoms with Crippen molar-refractivity contribution in [2.75, 3.05) is 6.61 Å². The minimum absolute atomic E-state index is 0.0311. The first-order valence-electron chi connectivity index (χ1n) is 4.92. The summed E-state index contributed by atoms with van der Waals surface area (Å²) in [5.41, 5.74) is 0. The summed E-state index contributed by atoms with van der Waals surface area (Å²) in [7, 11) is 0. The summed E-state index contributed by atoms with van der Waals surface area (Å²) in [5, 5.41) is 2.87. The Morgan fingerprint density at radius 2 is 2.33 bits per heavy atom. The molecule has 1 saturated carbocycles. The van der Waals surface area contributed by atoms with E-state index in [4.69, 9.17) is 4.74 Å². The summed E-state index contributed by atoms with van der Waals surface area (Å²) in [4.78, 5) is 11.3. The lowest BCUT2D eigenvalue weighted by Gasteiger charge is -2.06. The van der Waals surface area contributed by atoms with Gasteiger partial charge in [0.2, 0.25) is 0 Å². The van der Waals surface area contributed by atoms with Gasteiger partial charge in [0, 0.05) is 9.61 Å². The van der Waals surface area contributed by atoms with E-state index >= 15 is 0 Å². The predicted octanol–water partition coefficient (Wildman–Crippen LogP) is 1.95. The van der Waals surface area contributed by atoms with Gasteiger partial charge in [0.25, 0.3) is 5.91 Å². The highest BCUT2D eigenvalue weighted by Gasteiger charge is 2.23. The predicted molar refractivity (Wildman–Crippen MR) is 65.8 cm³/mol. The lowest BCUT2D eigenvalue weighted by atomic mass is 10.3. The van der Waals surface area contributed by atoms with Gasteiger partial charge in [-0.25, -0.2) is 0 Å². The number of hydrogen-bond acceptors (Lipinski definition) is 2. The number of carbonyl (C=O) groups is 1. The summed E-state index contributed by atoms with van der Waals surface area (Å²) in [5.74, 6) is 0.712. The summed E-state index contributed by atoms with van der Waals surface area (Å²) in [6.45, 7) is 0.108. The Bertz CT molecular complexity index is 363. The molecule has 4 heteroatoms. The lowest BCUT2D eigenvalue weighted by Crippen LogP contribution is -2.30. The highest BCUT2D eigenvalue weighted by atomic mass is 127. The van der Waals surface area contributed by atoms with E-state index in [2.05, 4.69) is 27.9 Å². The van der Waals surface area contributed by atoms with E-state index in [1.165, 1.54) is 0 Å². The van der Waals surface area contributed by atoms with Crippen LogP contribution >= 0.6 is 22.6 Å². The molecule has 1 N–H and O–H groups in total. The fourth-order valence-electron chi connectivity index (χ4n) is 1.20. The second-order valence-corrected chi connectivity index (χ2v) is 4.83. The van der Waals surface area contributed by atoms with E-state index in [0.717, 1.165) is 22.2 Å². The van der Waals surface area contributed by atoms with Crippen LogP contribution in [-0.2, 0) is 4.79 Å². The van der Waals surface area contributed by atoms with Gasteiger partial charge in [-0.1, -0.05) is 6.07 Å². The SMILES string of the molecule is O=C(COc1cccc(I)c1)NC1CC1. The van der Waals surface area contributed by atoms with Crippen molar-refractivity contribution in [1.29, 1.82) is 0 Å². The van der Waals surface area contributed by atoms with Gasteiger partial charge in [0.1, 0.15) is 5.75 Å². The fourth-order valence-corrected chi connectivity index (χ4v) is 1.72. The topological polar surface area (TPSA) is 38.3 Å². The number of nitrogens with one attached hydrogen (secondary N) is 1. The van der Waals surface area contributed by atoms with Gasteiger partial charge in [0.05, 0.1) is 0 Å². The van der Waals surface area contributed by atoms with Crippen LogP contribution in [0.4, 0.5) is 0 Å². The van der Waals surface area contributed by atoms with Gasteiger partial charge in [-0.3, -0.25) is 4.79 Å². The van der Waals surface area contributed by atoms with Crippen molar-refractivity contribution < 1.29 is 9.53 Å². The van der Waals surface area contributed by atoms with E-state index in [-0.39, 0.29) is 12.5 Å². The Balaban J connectivity index is 1.78. The summed E-state index contributed by atoms with van der Waals surface area (Å²) < 4.78 is 6.46. The molecule has 1 aromatic carbocycles. The van der Waals surface area contributed by atoms with Crippen molar-refractivity contribution in [3.8, 4) is 5.75 Å². The number of ether oxygens (including phenoxy) is 1. The Morgan fingerprint density at radius 1 is 1.53 bits per heavy atom. The minimum Gasteiger partial charge on any atom is -0.484 e. The minimum atomic E-state index is -0.0311. The van der Waals surface area contributed by atoms with Gasteiger partial charge in [0.15, 0.2) is 6.61 Å². The fraction of sp³-hybridized carbons (Fsp3) is 0.364. The van der Waals surface area contributed by atoms with Gasteiger partial charge < -0.3 is 10.1 Å². The third-order valence-corrected chi connectivity index (χ3v) is 2.78. The van der Waals surface area contributed by atoms with Crippen molar-refractivity contribution >= 4 is 28.5 Å². The Hall–Kier alpha value is -0.780. The molecular weight excluding hydrogens is 305 g/mol. The number of hydrogen-bond donors (Lipinski definition) is 1. The molecular formula is C11H12INO2. The molecule has 80 valence electrons. The van der Waals surface area contributed by atoms with Crippen LogP contribution in [0.2, 0.25) is 0 Å². The molecule has 1 aromatic rings. The molecule has 1 fully saturated rings. The van der Waals surface area contributed by atoms with E-state index in [9.17, 15) is 4.79 Å². The smallest absolute Gasteiger partial charge is 0.258 e. The molecule has 1 aliphatic carbocycles. The number of benzene rings is 1. The van der Waals surface area contributed by atoms with Crippen LogP contribution in [0, 0.1) is 3.57 Å². The molecule has 2 rings (SSSR count). The molecule has 3 nitrogen and oxygen atoms in total. The maximum absolute atomic E-state index is 11.3. The lowest BCUT2D eigenvalue weighted by molar-refractivity contribution is -0.123.